The van der Waals surface area contributed by atoms with Gasteiger partial charge in [-0.25, -0.2) is 0 Å². The van der Waals surface area contributed by atoms with Crippen LogP contribution in [0.2, 0.25) is 0 Å². The summed E-state index contributed by atoms with van der Waals surface area (Å²) in [5.41, 5.74) is 0.997. The highest BCUT2D eigenvalue weighted by Gasteiger charge is 2.63. The van der Waals surface area contributed by atoms with Crippen molar-refractivity contribution < 1.29 is 14.3 Å². The molecule has 0 aromatic carbocycles. The van der Waals surface area contributed by atoms with Crippen LogP contribution in [-0.2, 0) is 14.3 Å². The van der Waals surface area contributed by atoms with Crippen LogP contribution in [0.4, 0.5) is 0 Å². The number of ketones is 2. The number of allylic oxidation sites excluding steroid dienone is 4. The first-order chi connectivity index (χ1) is 12.7. The van der Waals surface area contributed by atoms with E-state index in [0.29, 0.717) is 17.6 Å². The molecule has 0 radical (unpaired) electrons. The van der Waals surface area contributed by atoms with Crippen molar-refractivity contribution in [3.8, 4) is 0 Å². The quantitative estimate of drug-likeness (QED) is 0.535. The number of ether oxygens (including phenoxy) is 1. The molecule has 3 nitrogen and oxygen atoms in total. The number of carbonyl (C=O) groups excluding carboxylic acids is 2. The molecule has 0 spiro atoms. The van der Waals surface area contributed by atoms with Crippen LogP contribution in [0, 0.1) is 34.5 Å². The average Bonchev–Trinajstić information content (AvgIpc) is 2.91. The van der Waals surface area contributed by atoms with E-state index in [2.05, 4.69) is 32.6 Å². The normalized spacial score (nSPS) is 45.4. The molecule has 0 N–H and O–H groups in total. The number of hydrogen-bond donors (Lipinski definition) is 1. The van der Waals surface area contributed by atoms with Gasteiger partial charge in [0.2, 0.25) is 4.38 Å². The maximum Gasteiger partial charge on any atom is 0.217 e. The summed E-state index contributed by atoms with van der Waals surface area (Å²) in [7, 11) is 0. The fraction of sp³-hybridized carbons (Fsp3) is 0.682. The summed E-state index contributed by atoms with van der Waals surface area (Å²) in [6.07, 6.45) is 10.5. The Morgan fingerprint density at radius 1 is 1.30 bits per heavy atom. The second kappa shape index (κ2) is 6.55. The van der Waals surface area contributed by atoms with Crippen molar-refractivity contribution in [2.24, 2.45) is 34.5 Å². The first-order valence-electron chi connectivity index (χ1n) is 10.0. The third-order valence-electron chi connectivity index (χ3n) is 8.21. The first-order valence-corrected chi connectivity index (χ1v) is 10.9. The Balaban J connectivity index is 1.78. The zero-order valence-electron chi connectivity index (χ0n) is 16.2. The van der Waals surface area contributed by atoms with Crippen molar-refractivity contribution in [3.63, 3.8) is 0 Å². The van der Waals surface area contributed by atoms with Gasteiger partial charge in [0, 0.05) is 17.3 Å². The molecule has 0 heterocycles. The van der Waals surface area contributed by atoms with Gasteiger partial charge in [0.15, 0.2) is 5.78 Å². The molecule has 27 heavy (non-hydrogen) atoms. The zero-order valence-corrected chi connectivity index (χ0v) is 17.9. The van der Waals surface area contributed by atoms with E-state index in [1.807, 2.05) is 6.08 Å². The number of Topliss-reactive ketones (excluding diaryl/α,β-unsaturated/α-hetero) is 1. The maximum atomic E-state index is 12.4. The van der Waals surface area contributed by atoms with Crippen LogP contribution in [0.1, 0.15) is 52.9 Å². The highest BCUT2D eigenvalue weighted by atomic mass is 32.1. The summed E-state index contributed by atoms with van der Waals surface area (Å²) in [6.45, 7) is 6.28. The highest BCUT2D eigenvalue weighted by molar-refractivity contribution is 8.10. The lowest BCUT2D eigenvalue weighted by Crippen LogP contribution is -2.57. The van der Waals surface area contributed by atoms with E-state index in [9.17, 15) is 9.59 Å². The third kappa shape index (κ3) is 2.88. The Morgan fingerprint density at radius 2 is 2.04 bits per heavy atom. The van der Waals surface area contributed by atoms with Gasteiger partial charge in [-0.3, -0.25) is 9.59 Å². The molecule has 146 valence electrons. The van der Waals surface area contributed by atoms with Crippen molar-refractivity contribution >= 4 is 40.8 Å². The minimum Gasteiger partial charge on any atom is -0.475 e. The molecule has 0 aromatic heterocycles. The molecular weight excluding hydrogens is 376 g/mol. The Hall–Kier alpha value is -0.940. The number of carbonyl (C=O) groups is 2. The van der Waals surface area contributed by atoms with Gasteiger partial charge in [-0.05, 0) is 80.6 Å². The van der Waals surface area contributed by atoms with Gasteiger partial charge >= 0.3 is 0 Å². The fourth-order valence-corrected chi connectivity index (χ4v) is 7.46. The SMILES string of the molecule is CC(=O)[C@H]1CC[C@H]2[C@@H]3CCC4=CC(=O)C=C[C@]4(C)[C@H]3C(OC(=S)S)C[C@]12C. The lowest BCUT2D eigenvalue weighted by atomic mass is 9.46. The largest absolute Gasteiger partial charge is 0.475 e. The Labute approximate surface area is 172 Å². The van der Waals surface area contributed by atoms with Crippen molar-refractivity contribution in [1.29, 1.82) is 0 Å². The number of thiol groups is 1. The van der Waals surface area contributed by atoms with Gasteiger partial charge in [0.1, 0.15) is 11.9 Å². The molecule has 0 aliphatic heterocycles. The topological polar surface area (TPSA) is 43.4 Å². The second-order valence-corrected chi connectivity index (χ2v) is 10.5. The summed E-state index contributed by atoms with van der Waals surface area (Å²) in [6, 6.07) is 0. The molecule has 0 aromatic rings. The summed E-state index contributed by atoms with van der Waals surface area (Å²) in [5.74, 6) is 1.75. The van der Waals surface area contributed by atoms with Gasteiger partial charge in [0.05, 0.1) is 0 Å². The molecular formula is C22H28O3S2. The molecule has 0 amide bonds. The molecule has 4 aliphatic carbocycles. The average molecular weight is 405 g/mol. The van der Waals surface area contributed by atoms with Crippen molar-refractivity contribution in [2.45, 2.75) is 59.0 Å². The lowest BCUT2D eigenvalue weighted by Gasteiger charge is -2.59. The molecule has 3 saturated carbocycles. The minimum absolute atomic E-state index is 0.0397. The highest BCUT2D eigenvalue weighted by Crippen LogP contribution is 2.66. The van der Waals surface area contributed by atoms with E-state index in [1.54, 1.807) is 13.0 Å². The molecule has 0 bridgehead atoms. The molecule has 1 unspecified atom stereocenters. The van der Waals surface area contributed by atoms with E-state index in [-0.39, 0.29) is 38.9 Å². The molecule has 0 saturated heterocycles. The van der Waals surface area contributed by atoms with E-state index in [1.165, 1.54) is 5.57 Å². The molecule has 4 rings (SSSR count). The van der Waals surface area contributed by atoms with Crippen molar-refractivity contribution in [1.82, 2.24) is 0 Å². The maximum absolute atomic E-state index is 12.4. The van der Waals surface area contributed by atoms with Crippen LogP contribution in [0.5, 0.6) is 0 Å². The van der Waals surface area contributed by atoms with Crippen LogP contribution in [-0.4, -0.2) is 22.1 Å². The van der Waals surface area contributed by atoms with Crippen LogP contribution in [0.15, 0.2) is 23.8 Å². The van der Waals surface area contributed by atoms with Crippen LogP contribution < -0.4 is 0 Å². The summed E-state index contributed by atoms with van der Waals surface area (Å²) in [4.78, 5) is 24.3. The van der Waals surface area contributed by atoms with Crippen LogP contribution >= 0.6 is 24.8 Å². The van der Waals surface area contributed by atoms with Crippen molar-refractivity contribution in [2.75, 3.05) is 0 Å². The first kappa shape index (κ1) is 19.4. The Bertz CT molecular complexity index is 770. The zero-order chi connectivity index (χ0) is 19.6. The number of rotatable bonds is 2. The van der Waals surface area contributed by atoms with E-state index in [0.717, 1.165) is 32.1 Å². The Morgan fingerprint density at radius 3 is 2.70 bits per heavy atom. The summed E-state index contributed by atoms with van der Waals surface area (Å²) < 4.78 is 6.41. The van der Waals surface area contributed by atoms with Gasteiger partial charge in [-0.1, -0.05) is 38.1 Å². The monoisotopic (exact) mass is 404 g/mol. The van der Waals surface area contributed by atoms with Gasteiger partial charge in [-0.2, -0.15) is 0 Å². The number of thiocarbonyl (C=S) groups is 1. The predicted octanol–water partition coefficient (Wildman–Crippen LogP) is 4.71. The second-order valence-electron chi connectivity index (χ2n) is 9.40. The van der Waals surface area contributed by atoms with E-state index < -0.39 is 0 Å². The van der Waals surface area contributed by atoms with E-state index >= 15 is 0 Å². The summed E-state index contributed by atoms with van der Waals surface area (Å²) >= 11 is 9.46. The van der Waals surface area contributed by atoms with Gasteiger partial charge < -0.3 is 4.74 Å². The van der Waals surface area contributed by atoms with Gasteiger partial charge in [0.25, 0.3) is 0 Å². The van der Waals surface area contributed by atoms with Crippen LogP contribution in [0.25, 0.3) is 0 Å². The minimum atomic E-state index is -0.185. The number of hydrogen-bond acceptors (Lipinski definition) is 4. The predicted molar refractivity (Wildman–Crippen MR) is 113 cm³/mol. The fourth-order valence-electron chi connectivity index (χ4n) is 7.20. The molecule has 7 atom stereocenters. The number of fused-ring (bicyclic) bond motifs is 5. The molecule has 5 heteroatoms. The van der Waals surface area contributed by atoms with E-state index in [4.69, 9.17) is 17.0 Å². The standard InChI is InChI=1S/C22H28O3S2/c1-12(23)16-6-7-17-15-5-4-13-10-14(24)8-9-21(13,2)19(15)18(25-20(26)27)11-22(16,17)3/h8-10,15-19H,4-7,11H2,1-3H3,(H,26,27)/t15-,16+,17-,18?,19+,21-,22+/m0/s1. The van der Waals surface area contributed by atoms with Gasteiger partial charge in [-0.15, -0.1) is 0 Å². The third-order valence-corrected chi connectivity index (χ3v) is 8.42. The summed E-state index contributed by atoms with van der Waals surface area (Å²) in [5, 5.41) is 0. The smallest absolute Gasteiger partial charge is 0.217 e. The Kier molecular flexibility index (Phi) is 4.70. The molecule has 4 aliphatic rings. The van der Waals surface area contributed by atoms with Crippen molar-refractivity contribution in [3.05, 3.63) is 23.8 Å². The van der Waals surface area contributed by atoms with Crippen LogP contribution in [0.3, 0.4) is 0 Å². The molecule has 3 fully saturated rings. The lowest BCUT2D eigenvalue weighted by molar-refractivity contribution is -0.135.